The molecule has 0 atom stereocenters. The molecule has 26 heavy (non-hydrogen) atoms. The van der Waals surface area contributed by atoms with Crippen LogP contribution < -0.4 is 16.0 Å². The number of hydrogen-bond acceptors (Lipinski definition) is 5. The molecule has 0 unspecified atom stereocenters. The Bertz CT molecular complexity index is 604. The van der Waals surface area contributed by atoms with Crippen LogP contribution in [0, 0.1) is 0 Å². The van der Waals surface area contributed by atoms with Gasteiger partial charge in [0, 0.05) is 49.9 Å². The topological polar surface area (TPSA) is 59.8 Å². The molecule has 142 valence electrons. The van der Waals surface area contributed by atoms with Crippen LogP contribution in [0.1, 0.15) is 19.4 Å². The van der Waals surface area contributed by atoms with Gasteiger partial charge in [0.2, 0.25) is 0 Å². The summed E-state index contributed by atoms with van der Waals surface area (Å²) in [7, 11) is 0. The van der Waals surface area contributed by atoms with Gasteiger partial charge in [0.05, 0.1) is 13.2 Å². The molecule has 0 radical (unpaired) electrons. The lowest BCUT2D eigenvalue weighted by atomic mass is 10.2. The number of nitrogens with zero attached hydrogens (tertiary/aromatic N) is 1. The second-order valence-electron chi connectivity index (χ2n) is 6.02. The monoisotopic (exact) mass is 357 g/mol. The van der Waals surface area contributed by atoms with Crippen molar-refractivity contribution in [3.05, 3.63) is 54.1 Å². The molecule has 0 fully saturated rings. The highest BCUT2D eigenvalue weighted by atomic mass is 16.5. The zero-order chi connectivity index (χ0) is 18.6. The zero-order valence-corrected chi connectivity index (χ0v) is 15.9. The third kappa shape index (κ3) is 6.94. The summed E-state index contributed by atoms with van der Waals surface area (Å²) in [6.07, 6.45) is 0. The minimum atomic E-state index is 0.722. The molecule has 5 nitrogen and oxygen atoms in total. The number of nitrogen functional groups attached to an aromatic ring is 1. The maximum atomic E-state index is 5.72. The van der Waals surface area contributed by atoms with Crippen molar-refractivity contribution in [2.75, 3.05) is 55.5 Å². The van der Waals surface area contributed by atoms with Crippen LogP contribution in [-0.2, 0) is 16.0 Å². The van der Waals surface area contributed by atoms with Gasteiger partial charge in [-0.1, -0.05) is 12.1 Å². The van der Waals surface area contributed by atoms with Gasteiger partial charge in [0.1, 0.15) is 0 Å². The van der Waals surface area contributed by atoms with Crippen molar-refractivity contribution in [3.8, 4) is 0 Å². The molecular formula is C21H31N3O2. The molecule has 2 aromatic rings. The summed E-state index contributed by atoms with van der Waals surface area (Å²) in [6, 6.07) is 16.4. The minimum absolute atomic E-state index is 0.722. The average Bonchev–Trinajstić information content (AvgIpc) is 2.67. The van der Waals surface area contributed by atoms with Crippen LogP contribution in [0.25, 0.3) is 0 Å². The molecule has 0 spiro atoms. The van der Waals surface area contributed by atoms with Crippen LogP contribution in [0.2, 0.25) is 0 Å². The highest BCUT2D eigenvalue weighted by Crippen LogP contribution is 2.19. The minimum Gasteiger partial charge on any atom is -0.399 e. The number of anilines is 3. The normalized spacial score (nSPS) is 10.7. The van der Waals surface area contributed by atoms with E-state index in [4.69, 9.17) is 15.2 Å². The van der Waals surface area contributed by atoms with Crippen LogP contribution in [0.3, 0.4) is 0 Å². The van der Waals surface area contributed by atoms with Gasteiger partial charge >= 0.3 is 0 Å². The molecule has 0 saturated carbocycles. The van der Waals surface area contributed by atoms with E-state index in [0.29, 0.717) is 0 Å². The first-order valence-electron chi connectivity index (χ1n) is 9.31. The first-order valence-corrected chi connectivity index (χ1v) is 9.31. The summed E-state index contributed by atoms with van der Waals surface area (Å²) in [5.74, 6) is 0. The molecular weight excluding hydrogens is 326 g/mol. The molecule has 0 saturated heterocycles. The Morgan fingerprint density at radius 3 is 1.96 bits per heavy atom. The Hall–Kier alpha value is -2.24. The number of nitrogens with two attached hydrogens (primary N) is 1. The third-order valence-electron chi connectivity index (χ3n) is 4.13. The summed E-state index contributed by atoms with van der Waals surface area (Å²) in [5.41, 5.74) is 10.00. The number of ether oxygens (including phenoxy) is 2. The Morgan fingerprint density at radius 2 is 1.42 bits per heavy atom. The first-order chi connectivity index (χ1) is 12.7. The van der Waals surface area contributed by atoms with E-state index < -0.39 is 0 Å². The molecule has 0 heterocycles. The molecule has 0 aliphatic heterocycles. The van der Waals surface area contributed by atoms with E-state index in [1.165, 1.54) is 11.3 Å². The standard InChI is InChI=1S/C21H31N3O2/c1-3-25-15-13-24(14-16-26-4-2)21-11-9-20(10-12-21)23-17-18-5-7-19(22)8-6-18/h5-12,23H,3-4,13-17,22H2,1-2H3. The van der Waals surface area contributed by atoms with Crippen molar-refractivity contribution in [2.24, 2.45) is 0 Å². The highest BCUT2D eigenvalue weighted by molar-refractivity contribution is 5.55. The van der Waals surface area contributed by atoms with Crippen molar-refractivity contribution < 1.29 is 9.47 Å². The molecule has 2 rings (SSSR count). The summed E-state index contributed by atoms with van der Waals surface area (Å²) in [5, 5.41) is 3.44. The molecule has 0 aromatic heterocycles. The summed E-state index contributed by atoms with van der Waals surface area (Å²) < 4.78 is 11.0. The fraction of sp³-hybridized carbons (Fsp3) is 0.429. The Morgan fingerprint density at radius 1 is 0.846 bits per heavy atom. The van der Waals surface area contributed by atoms with Crippen molar-refractivity contribution in [2.45, 2.75) is 20.4 Å². The first kappa shape index (κ1) is 20.1. The summed E-state index contributed by atoms with van der Waals surface area (Å²) in [6.45, 7) is 9.47. The van der Waals surface area contributed by atoms with Crippen LogP contribution in [0.15, 0.2) is 48.5 Å². The van der Waals surface area contributed by atoms with Gasteiger partial charge in [-0.25, -0.2) is 0 Å². The van der Waals surface area contributed by atoms with E-state index in [-0.39, 0.29) is 0 Å². The molecule has 5 heteroatoms. The van der Waals surface area contributed by atoms with E-state index in [0.717, 1.165) is 57.4 Å². The van der Waals surface area contributed by atoms with E-state index in [9.17, 15) is 0 Å². The van der Waals surface area contributed by atoms with Crippen molar-refractivity contribution >= 4 is 17.1 Å². The lowest BCUT2D eigenvalue weighted by Gasteiger charge is -2.25. The maximum Gasteiger partial charge on any atom is 0.0641 e. The zero-order valence-electron chi connectivity index (χ0n) is 15.9. The largest absolute Gasteiger partial charge is 0.399 e. The average molecular weight is 357 g/mol. The van der Waals surface area contributed by atoms with Crippen molar-refractivity contribution in [1.82, 2.24) is 0 Å². The van der Waals surface area contributed by atoms with Crippen LogP contribution in [0.4, 0.5) is 17.1 Å². The van der Waals surface area contributed by atoms with Crippen LogP contribution in [-0.4, -0.2) is 39.5 Å². The van der Waals surface area contributed by atoms with Crippen molar-refractivity contribution in [3.63, 3.8) is 0 Å². The second-order valence-corrected chi connectivity index (χ2v) is 6.02. The van der Waals surface area contributed by atoms with Gasteiger partial charge in [0.15, 0.2) is 0 Å². The lowest BCUT2D eigenvalue weighted by Crippen LogP contribution is -2.31. The maximum absolute atomic E-state index is 5.72. The summed E-state index contributed by atoms with van der Waals surface area (Å²) in [4.78, 5) is 2.30. The molecule has 0 aliphatic carbocycles. The van der Waals surface area contributed by atoms with Gasteiger partial charge < -0.3 is 25.4 Å². The Balaban J connectivity index is 1.91. The van der Waals surface area contributed by atoms with E-state index in [1.54, 1.807) is 0 Å². The number of hydrogen-bond donors (Lipinski definition) is 2. The number of rotatable bonds is 12. The fourth-order valence-corrected chi connectivity index (χ4v) is 2.64. The predicted molar refractivity (Wildman–Crippen MR) is 110 cm³/mol. The van der Waals surface area contributed by atoms with Crippen LogP contribution in [0.5, 0.6) is 0 Å². The Kier molecular flexibility index (Phi) is 8.79. The SMILES string of the molecule is CCOCCN(CCOCC)c1ccc(NCc2ccc(N)cc2)cc1. The predicted octanol–water partition coefficient (Wildman–Crippen LogP) is 3.76. The van der Waals surface area contributed by atoms with Gasteiger partial charge in [-0.15, -0.1) is 0 Å². The summed E-state index contributed by atoms with van der Waals surface area (Å²) >= 11 is 0. The van der Waals surface area contributed by atoms with Gasteiger partial charge in [-0.2, -0.15) is 0 Å². The molecule has 0 bridgehead atoms. The smallest absolute Gasteiger partial charge is 0.0641 e. The van der Waals surface area contributed by atoms with Gasteiger partial charge in [-0.3, -0.25) is 0 Å². The quantitative estimate of drug-likeness (QED) is 0.447. The molecule has 0 aliphatic rings. The molecule has 3 N–H and O–H groups in total. The lowest BCUT2D eigenvalue weighted by molar-refractivity contribution is 0.141. The molecule has 0 amide bonds. The van der Waals surface area contributed by atoms with Crippen molar-refractivity contribution in [1.29, 1.82) is 0 Å². The number of nitrogens with one attached hydrogen (secondary N) is 1. The number of benzene rings is 2. The fourth-order valence-electron chi connectivity index (χ4n) is 2.64. The highest BCUT2D eigenvalue weighted by Gasteiger charge is 2.06. The Labute approximate surface area is 157 Å². The van der Waals surface area contributed by atoms with Crippen LogP contribution >= 0.6 is 0 Å². The van der Waals surface area contributed by atoms with E-state index in [2.05, 4.69) is 34.5 Å². The molecule has 2 aromatic carbocycles. The second kappa shape index (κ2) is 11.4. The van der Waals surface area contributed by atoms with E-state index >= 15 is 0 Å². The third-order valence-corrected chi connectivity index (χ3v) is 4.13. The van der Waals surface area contributed by atoms with Gasteiger partial charge in [0.25, 0.3) is 0 Å². The van der Waals surface area contributed by atoms with Gasteiger partial charge in [-0.05, 0) is 55.8 Å². The van der Waals surface area contributed by atoms with E-state index in [1.807, 2.05) is 38.1 Å².